The molecule has 0 saturated carbocycles. The van der Waals surface area contributed by atoms with Crippen LogP contribution in [0.4, 0.5) is 0 Å². The van der Waals surface area contributed by atoms with E-state index < -0.39 is 11.2 Å². The third kappa shape index (κ3) is 3.92. The lowest BCUT2D eigenvalue weighted by atomic mass is 10.3. The molecule has 1 heterocycles. The Kier molecular flexibility index (Phi) is 5.67. The standard InChI is InChI=1S/C13H13BrN4O3S/c1-3-21-12(20)11(8(2)19)22-13-15-16-17-18(13)10-6-4-9(14)5-7-10/h4-7,11H,3H2,1-2H3. The van der Waals surface area contributed by atoms with E-state index in [0.717, 1.165) is 21.9 Å². The van der Waals surface area contributed by atoms with Crippen LogP contribution in [0.25, 0.3) is 5.69 Å². The normalized spacial score (nSPS) is 12.0. The van der Waals surface area contributed by atoms with Crippen molar-refractivity contribution in [3.8, 4) is 5.69 Å². The van der Waals surface area contributed by atoms with E-state index >= 15 is 0 Å². The van der Waals surface area contributed by atoms with Crippen LogP contribution in [0.5, 0.6) is 0 Å². The number of rotatable bonds is 6. The van der Waals surface area contributed by atoms with Gasteiger partial charge in [0.05, 0.1) is 12.3 Å². The topological polar surface area (TPSA) is 87.0 Å². The highest BCUT2D eigenvalue weighted by Crippen LogP contribution is 2.25. The number of benzene rings is 1. The van der Waals surface area contributed by atoms with Gasteiger partial charge in [-0.2, -0.15) is 4.68 Å². The number of hydrogen-bond acceptors (Lipinski definition) is 7. The molecule has 0 spiro atoms. The number of esters is 1. The Hall–Kier alpha value is -1.74. The number of carbonyl (C=O) groups excluding carboxylic acids is 2. The zero-order chi connectivity index (χ0) is 16.1. The second kappa shape index (κ2) is 7.50. The molecule has 7 nitrogen and oxygen atoms in total. The zero-order valence-electron chi connectivity index (χ0n) is 11.9. The van der Waals surface area contributed by atoms with Crippen LogP contribution in [-0.4, -0.2) is 43.8 Å². The monoisotopic (exact) mass is 384 g/mol. The van der Waals surface area contributed by atoms with Gasteiger partial charge >= 0.3 is 5.97 Å². The maximum Gasteiger partial charge on any atom is 0.327 e. The second-order valence-corrected chi connectivity index (χ2v) is 6.20. The lowest BCUT2D eigenvalue weighted by Crippen LogP contribution is -2.27. The van der Waals surface area contributed by atoms with Crippen molar-refractivity contribution in [1.82, 2.24) is 20.2 Å². The third-order valence-corrected chi connectivity index (χ3v) is 4.36. The fraction of sp³-hybridized carbons (Fsp3) is 0.308. The number of Topliss-reactive ketones (excluding diaryl/α,β-unsaturated/α-hetero) is 1. The summed E-state index contributed by atoms with van der Waals surface area (Å²) in [4.78, 5) is 23.5. The Bertz CT molecular complexity index is 674. The van der Waals surface area contributed by atoms with E-state index in [1.807, 2.05) is 24.3 Å². The molecule has 0 saturated heterocycles. The molecule has 0 radical (unpaired) electrons. The summed E-state index contributed by atoms with van der Waals surface area (Å²) in [6.45, 7) is 3.23. The third-order valence-electron chi connectivity index (χ3n) is 2.61. The van der Waals surface area contributed by atoms with Crippen molar-refractivity contribution in [3.63, 3.8) is 0 Å². The number of ketones is 1. The van der Waals surface area contributed by atoms with E-state index in [9.17, 15) is 9.59 Å². The van der Waals surface area contributed by atoms with Crippen molar-refractivity contribution in [3.05, 3.63) is 28.7 Å². The summed E-state index contributed by atoms with van der Waals surface area (Å²) in [5.74, 6) is -0.904. The fourth-order valence-electron chi connectivity index (χ4n) is 1.62. The number of nitrogens with zero attached hydrogens (tertiary/aromatic N) is 4. The maximum atomic E-state index is 11.9. The Morgan fingerprint density at radius 2 is 2.05 bits per heavy atom. The zero-order valence-corrected chi connectivity index (χ0v) is 14.3. The number of thioether (sulfide) groups is 1. The van der Waals surface area contributed by atoms with Gasteiger partial charge in [0.2, 0.25) is 5.16 Å². The molecule has 1 aromatic heterocycles. The minimum absolute atomic E-state index is 0.209. The van der Waals surface area contributed by atoms with E-state index in [1.54, 1.807) is 6.92 Å². The quantitative estimate of drug-likeness (QED) is 0.427. The molecular formula is C13H13BrN4O3S. The predicted octanol–water partition coefficient (Wildman–Crippen LogP) is 2.04. The average Bonchev–Trinajstić information content (AvgIpc) is 2.93. The molecule has 0 aliphatic heterocycles. The summed E-state index contributed by atoms with van der Waals surface area (Å²) in [6.07, 6.45) is 0. The van der Waals surface area contributed by atoms with E-state index in [4.69, 9.17) is 4.74 Å². The molecule has 0 amide bonds. The molecule has 1 aromatic carbocycles. The minimum atomic E-state index is -0.986. The smallest absolute Gasteiger partial charge is 0.327 e. The van der Waals surface area contributed by atoms with Gasteiger partial charge in [-0.25, -0.2) is 0 Å². The molecular weight excluding hydrogens is 372 g/mol. The first-order valence-corrected chi connectivity index (χ1v) is 8.08. The molecule has 0 bridgehead atoms. The molecule has 1 atom stereocenters. The van der Waals surface area contributed by atoms with E-state index in [2.05, 4.69) is 31.5 Å². The molecule has 0 aliphatic rings. The van der Waals surface area contributed by atoms with Crippen LogP contribution in [-0.2, 0) is 14.3 Å². The first-order chi connectivity index (χ1) is 10.5. The molecule has 9 heteroatoms. The van der Waals surface area contributed by atoms with Crippen LogP contribution in [0.2, 0.25) is 0 Å². The number of aromatic nitrogens is 4. The van der Waals surface area contributed by atoms with Gasteiger partial charge in [0, 0.05) is 4.47 Å². The summed E-state index contributed by atoms with van der Waals surface area (Å²) < 4.78 is 7.30. The first kappa shape index (κ1) is 16.6. The summed E-state index contributed by atoms with van der Waals surface area (Å²) in [6, 6.07) is 7.33. The van der Waals surface area contributed by atoms with Gasteiger partial charge in [-0.1, -0.05) is 27.7 Å². The highest BCUT2D eigenvalue weighted by Gasteiger charge is 2.28. The van der Waals surface area contributed by atoms with E-state index in [0.29, 0.717) is 5.16 Å². The van der Waals surface area contributed by atoms with Crippen molar-refractivity contribution in [2.24, 2.45) is 0 Å². The van der Waals surface area contributed by atoms with Crippen molar-refractivity contribution in [2.45, 2.75) is 24.3 Å². The largest absolute Gasteiger partial charge is 0.465 e. The van der Waals surface area contributed by atoms with Crippen molar-refractivity contribution < 1.29 is 14.3 Å². The molecule has 116 valence electrons. The van der Waals surface area contributed by atoms with Crippen LogP contribution in [0.1, 0.15) is 13.8 Å². The molecule has 2 aromatic rings. The van der Waals surface area contributed by atoms with Gasteiger partial charge in [-0.3, -0.25) is 9.59 Å². The second-order valence-electron chi connectivity index (χ2n) is 4.21. The van der Waals surface area contributed by atoms with Crippen LogP contribution in [0.15, 0.2) is 33.9 Å². The molecule has 22 heavy (non-hydrogen) atoms. The van der Waals surface area contributed by atoms with Crippen LogP contribution in [0, 0.1) is 0 Å². The number of carbonyl (C=O) groups is 2. The maximum absolute atomic E-state index is 11.9. The number of tetrazole rings is 1. The van der Waals surface area contributed by atoms with Crippen molar-refractivity contribution >= 4 is 39.4 Å². The van der Waals surface area contributed by atoms with E-state index in [1.165, 1.54) is 11.6 Å². The van der Waals surface area contributed by atoms with E-state index in [-0.39, 0.29) is 12.4 Å². The molecule has 0 N–H and O–H groups in total. The Balaban J connectivity index is 2.26. The minimum Gasteiger partial charge on any atom is -0.465 e. The Labute approximate surface area is 139 Å². The van der Waals surface area contributed by atoms with Gasteiger partial charge in [0.1, 0.15) is 0 Å². The average molecular weight is 385 g/mol. The number of hydrogen-bond donors (Lipinski definition) is 0. The summed E-state index contributed by atoms with van der Waals surface area (Å²) in [5.41, 5.74) is 0.724. The first-order valence-electron chi connectivity index (χ1n) is 6.41. The van der Waals surface area contributed by atoms with Gasteiger partial charge < -0.3 is 4.74 Å². The number of ether oxygens (including phenoxy) is 1. The van der Waals surface area contributed by atoms with Gasteiger partial charge in [-0.05, 0) is 48.5 Å². The lowest BCUT2D eigenvalue weighted by Gasteiger charge is -2.11. The van der Waals surface area contributed by atoms with Crippen LogP contribution in [0.3, 0.4) is 0 Å². The van der Waals surface area contributed by atoms with Gasteiger partial charge in [0.25, 0.3) is 0 Å². The Morgan fingerprint density at radius 1 is 1.36 bits per heavy atom. The van der Waals surface area contributed by atoms with Crippen molar-refractivity contribution in [1.29, 1.82) is 0 Å². The SMILES string of the molecule is CCOC(=O)C(Sc1nnnn1-c1ccc(Br)cc1)C(C)=O. The van der Waals surface area contributed by atoms with Gasteiger partial charge in [0.15, 0.2) is 11.0 Å². The summed E-state index contributed by atoms with van der Waals surface area (Å²) >= 11 is 4.32. The van der Waals surface area contributed by atoms with Crippen molar-refractivity contribution in [2.75, 3.05) is 6.61 Å². The number of halogens is 1. The molecule has 1 unspecified atom stereocenters. The molecule has 2 rings (SSSR count). The van der Waals surface area contributed by atoms with Crippen LogP contribution < -0.4 is 0 Å². The molecule has 0 fully saturated rings. The predicted molar refractivity (Wildman–Crippen MR) is 83.8 cm³/mol. The van der Waals surface area contributed by atoms with Crippen LogP contribution >= 0.6 is 27.7 Å². The Morgan fingerprint density at radius 3 is 2.64 bits per heavy atom. The lowest BCUT2D eigenvalue weighted by molar-refractivity contribution is -0.144. The summed E-state index contributed by atoms with van der Waals surface area (Å²) in [5, 5.41) is 10.7. The summed E-state index contributed by atoms with van der Waals surface area (Å²) in [7, 11) is 0. The highest BCUT2D eigenvalue weighted by molar-refractivity contribution is 9.10. The van der Waals surface area contributed by atoms with Gasteiger partial charge in [-0.15, -0.1) is 5.10 Å². The highest BCUT2D eigenvalue weighted by atomic mass is 79.9. The fourth-order valence-corrected chi connectivity index (χ4v) is 2.75. The molecule has 0 aliphatic carbocycles.